The van der Waals surface area contributed by atoms with Gasteiger partial charge < -0.3 is 19.1 Å². The minimum absolute atomic E-state index is 0. The van der Waals surface area contributed by atoms with E-state index in [4.69, 9.17) is 19.2 Å². The summed E-state index contributed by atoms with van der Waals surface area (Å²) in [5.41, 5.74) is 1.41. The van der Waals surface area contributed by atoms with Gasteiger partial charge in [-0.05, 0) is 64.4 Å². The van der Waals surface area contributed by atoms with Gasteiger partial charge in [0.25, 0.3) is 5.91 Å². The molecule has 2 aromatic carbocycles. The summed E-state index contributed by atoms with van der Waals surface area (Å²) in [5.74, 6) is 1.39. The molecule has 204 valence electrons. The Bertz CT molecular complexity index is 1130. The Morgan fingerprint density at radius 3 is 2.11 bits per heavy atom. The molecule has 0 atom stereocenters. The largest absolute Gasteiger partial charge is 0.490 e. The van der Waals surface area contributed by atoms with Crippen LogP contribution in [0.15, 0.2) is 35.2 Å². The molecule has 1 aromatic heterocycles. The summed E-state index contributed by atoms with van der Waals surface area (Å²) in [6.45, 7) is 14.5. The summed E-state index contributed by atoms with van der Waals surface area (Å²) >= 11 is 3.20. The van der Waals surface area contributed by atoms with Gasteiger partial charge in [-0.3, -0.25) is 9.69 Å². The number of hydrogen-bond acceptors (Lipinski definition) is 8. The van der Waals surface area contributed by atoms with E-state index < -0.39 is 0 Å². The fraction of sp³-hybridized carbons (Fsp3) is 0.481. The van der Waals surface area contributed by atoms with Crippen LogP contribution in [0.25, 0.3) is 10.2 Å². The van der Waals surface area contributed by atoms with E-state index in [1.54, 1.807) is 28.8 Å². The number of halogens is 1. The van der Waals surface area contributed by atoms with Crippen molar-refractivity contribution in [3.63, 3.8) is 0 Å². The molecule has 0 spiro atoms. The molecular formula is C27H38ClN3O4S2. The smallest absolute Gasteiger partial charge is 0.260 e. The lowest BCUT2D eigenvalue weighted by Crippen LogP contribution is -2.39. The van der Waals surface area contributed by atoms with E-state index in [0.29, 0.717) is 54.3 Å². The number of carbonyl (C=O) groups is 1. The maximum Gasteiger partial charge on any atom is 0.260 e. The summed E-state index contributed by atoms with van der Waals surface area (Å²) in [4.78, 5) is 24.2. The minimum Gasteiger partial charge on any atom is -0.490 e. The Morgan fingerprint density at radius 1 is 0.946 bits per heavy atom. The summed E-state index contributed by atoms with van der Waals surface area (Å²) in [6, 6.07) is 9.66. The van der Waals surface area contributed by atoms with Gasteiger partial charge in [-0.1, -0.05) is 31.3 Å². The number of ether oxygens (including phenoxy) is 3. The van der Waals surface area contributed by atoms with Crippen LogP contribution in [-0.2, 0) is 0 Å². The van der Waals surface area contributed by atoms with Crippen molar-refractivity contribution in [1.82, 2.24) is 9.88 Å². The second-order valence-electron chi connectivity index (χ2n) is 7.89. The van der Waals surface area contributed by atoms with Gasteiger partial charge in [-0.15, -0.1) is 24.2 Å². The highest BCUT2D eigenvalue weighted by molar-refractivity contribution is 7.98. The van der Waals surface area contributed by atoms with Gasteiger partial charge in [0.05, 0.1) is 30.0 Å². The summed E-state index contributed by atoms with van der Waals surface area (Å²) in [6.07, 6.45) is 2.04. The fourth-order valence-corrected chi connectivity index (χ4v) is 5.57. The monoisotopic (exact) mass is 567 g/mol. The zero-order valence-corrected chi connectivity index (χ0v) is 25.0. The Kier molecular flexibility index (Phi) is 12.8. The first kappa shape index (κ1) is 31.0. The van der Waals surface area contributed by atoms with Gasteiger partial charge in [0.15, 0.2) is 16.6 Å². The molecule has 0 radical (unpaired) electrons. The molecule has 1 amide bonds. The minimum atomic E-state index is -0.142. The van der Waals surface area contributed by atoms with Crippen LogP contribution in [0.1, 0.15) is 45.0 Å². The van der Waals surface area contributed by atoms with Crippen LogP contribution in [-0.4, -0.2) is 68.0 Å². The van der Waals surface area contributed by atoms with E-state index in [2.05, 4.69) is 30.9 Å². The van der Waals surface area contributed by atoms with Crippen LogP contribution in [0.5, 0.6) is 17.2 Å². The number of rotatable bonds is 14. The Hall–Kier alpha value is -2.20. The van der Waals surface area contributed by atoms with E-state index >= 15 is 0 Å². The van der Waals surface area contributed by atoms with Crippen LogP contribution >= 0.6 is 35.5 Å². The second-order valence-corrected chi connectivity index (χ2v) is 9.74. The highest BCUT2D eigenvalue weighted by atomic mass is 35.5. The number of likely N-dealkylation sites (N-methyl/N-ethyl adjacent to an activating group) is 1. The molecule has 0 aliphatic carbocycles. The van der Waals surface area contributed by atoms with Gasteiger partial charge in [0, 0.05) is 23.5 Å². The number of thiazole rings is 1. The number of fused-ring (bicyclic) bond motifs is 1. The second kappa shape index (κ2) is 15.3. The SMILES string of the molecule is CCOc1cc(C(=O)N(CCN(CC)CC)c2nc3c(SC)cccc3s2)cc(OCC)c1OCC.Cl. The van der Waals surface area contributed by atoms with Crippen molar-refractivity contribution in [2.75, 3.05) is 57.2 Å². The Morgan fingerprint density at radius 2 is 1.57 bits per heavy atom. The molecule has 0 N–H and O–H groups in total. The third kappa shape index (κ3) is 7.44. The third-order valence-electron chi connectivity index (χ3n) is 5.76. The summed E-state index contributed by atoms with van der Waals surface area (Å²) in [7, 11) is 0. The first-order chi connectivity index (χ1) is 17.5. The number of amides is 1. The van der Waals surface area contributed by atoms with E-state index in [1.807, 2.05) is 33.1 Å². The third-order valence-corrected chi connectivity index (χ3v) is 7.57. The number of hydrogen-bond donors (Lipinski definition) is 0. The molecule has 0 saturated carbocycles. The average Bonchev–Trinajstić information content (AvgIpc) is 3.32. The molecule has 37 heavy (non-hydrogen) atoms. The van der Waals surface area contributed by atoms with Crippen molar-refractivity contribution in [1.29, 1.82) is 0 Å². The number of thioether (sulfide) groups is 1. The van der Waals surface area contributed by atoms with Crippen molar-refractivity contribution in [3.05, 3.63) is 35.9 Å². The van der Waals surface area contributed by atoms with E-state index in [-0.39, 0.29) is 18.3 Å². The number of benzene rings is 2. The predicted octanol–water partition coefficient (Wildman–Crippen LogP) is 6.62. The van der Waals surface area contributed by atoms with Gasteiger partial charge >= 0.3 is 0 Å². The fourth-order valence-electron chi connectivity index (χ4n) is 3.93. The van der Waals surface area contributed by atoms with Crippen LogP contribution in [0, 0.1) is 0 Å². The molecule has 10 heteroatoms. The van der Waals surface area contributed by atoms with E-state index in [9.17, 15) is 4.79 Å². The first-order valence-electron chi connectivity index (χ1n) is 12.5. The Balaban J connectivity index is 0.00000481. The zero-order valence-electron chi connectivity index (χ0n) is 22.5. The van der Waals surface area contributed by atoms with Crippen molar-refractivity contribution >= 4 is 56.8 Å². The molecule has 1 heterocycles. The van der Waals surface area contributed by atoms with E-state index in [0.717, 1.165) is 34.7 Å². The van der Waals surface area contributed by atoms with Crippen molar-refractivity contribution in [2.24, 2.45) is 0 Å². The first-order valence-corrected chi connectivity index (χ1v) is 14.6. The molecule has 0 aliphatic heterocycles. The topological polar surface area (TPSA) is 64.1 Å². The Labute approximate surface area is 234 Å². The maximum atomic E-state index is 14.1. The van der Waals surface area contributed by atoms with Crippen molar-refractivity contribution in [2.45, 2.75) is 39.5 Å². The normalized spacial score (nSPS) is 10.9. The summed E-state index contributed by atoms with van der Waals surface area (Å²) < 4.78 is 18.6. The number of para-hydroxylation sites is 1. The lowest BCUT2D eigenvalue weighted by molar-refractivity contribution is 0.0982. The number of carbonyl (C=O) groups excluding carboxylic acids is 1. The highest BCUT2D eigenvalue weighted by Crippen LogP contribution is 2.40. The number of nitrogens with zero attached hydrogens (tertiary/aromatic N) is 3. The van der Waals surface area contributed by atoms with Gasteiger partial charge in [0.1, 0.15) is 0 Å². The van der Waals surface area contributed by atoms with Crippen LogP contribution in [0.4, 0.5) is 5.13 Å². The zero-order chi connectivity index (χ0) is 26.1. The van der Waals surface area contributed by atoms with E-state index in [1.165, 1.54) is 11.3 Å². The lowest BCUT2D eigenvalue weighted by Gasteiger charge is -2.25. The summed E-state index contributed by atoms with van der Waals surface area (Å²) in [5, 5.41) is 0.688. The quantitative estimate of drug-likeness (QED) is 0.203. The molecule has 0 saturated heterocycles. The lowest BCUT2D eigenvalue weighted by atomic mass is 10.1. The van der Waals surface area contributed by atoms with Gasteiger partial charge in [0.2, 0.25) is 5.75 Å². The maximum absolute atomic E-state index is 14.1. The van der Waals surface area contributed by atoms with Crippen molar-refractivity contribution < 1.29 is 19.0 Å². The average molecular weight is 568 g/mol. The number of anilines is 1. The molecule has 3 aromatic rings. The molecule has 3 rings (SSSR count). The molecule has 0 fully saturated rings. The van der Waals surface area contributed by atoms with Gasteiger partial charge in [-0.25, -0.2) is 4.98 Å². The van der Waals surface area contributed by atoms with Crippen LogP contribution in [0.3, 0.4) is 0 Å². The molecule has 0 aliphatic rings. The van der Waals surface area contributed by atoms with Crippen LogP contribution < -0.4 is 19.1 Å². The van der Waals surface area contributed by atoms with Crippen LogP contribution in [0.2, 0.25) is 0 Å². The standard InChI is InChI=1S/C27H37N3O4S2.ClH/c1-7-29(8-2)15-16-30(27-28-24-22(35-6)13-12-14-23(24)36-27)26(31)19-17-20(32-9-3)25(34-11-5)21(18-19)33-10-4;/h12-14,17-18H,7-11,15-16H2,1-6H3;1H. The highest BCUT2D eigenvalue weighted by Gasteiger charge is 2.26. The molecule has 0 unspecified atom stereocenters. The molecule has 0 bridgehead atoms. The molecule has 7 nitrogen and oxygen atoms in total. The van der Waals surface area contributed by atoms with Crippen molar-refractivity contribution in [3.8, 4) is 17.2 Å². The molecular weight excluding hydrogens is 530 g/mol. The van der Waals surface area contributed by atoms with Gasteiger partial charge in [-0.2, -0.15) is 0 Å². The number of aromatic nitrogens is 1. The predicted molar refractivity (Wildman–Crippen MR) is 158 cm³/mol.